The maximum Gasteiger partial charge on any atom is 0.328 e. The predicted molar refractivity (Wildman–Crippen MR) is 135 cm³/mol. The third-order valence-corrected chi connectivity index (χ3v) is 5.61. The highest BCUT2D eigenvalue weighted by molar-refractivity contribution is 9.10. The third-order valence-electron chi connectivity index (χ3n) is 4.87. The Morgan fingerprint density at radius 3 is 2.18 bits per heavy atom. The van der Waals surface area contributed by atoms with Gasteiger partial charge >= 0.3 is 11.8 Å². The molecule has 3 aromatic carbocycles. The number of amides is 3. The number of methoxy groups -OCH3 is 1. The van der Waals surface area contributed by atoms with Gasteiger partial charge in [0, 0.05) is 26.3 Å². The average Bonchev–Trinajstić information content (AvgIpc) is 3.18. The summed E-state index contributed by atoms with van der Waals surface area (Å²) in [4.78, 5) is 38.2. The van der Waals surface area contributed by atoms with Gasteiger partial charge in [-0.3, -0.25) is 19.8 Å². The molecule has 4 aromatic rings. The molecule has 10 heteroatoms. The fourth-order valence-electron chi connectivity index (χ4n) is 3.22. The second-order valence-corrected chi connectivity index (χ2v) is 8.50. The lowest BCUT2D eigenvalue weighted by Crippen LogP contribution is -2.36. The summed E-state index contributed by atoms with van der Waals surface area (Å²) in [6.45, 7) is 0. The number of fused-ring (bicyclic) bond motifs is 1. The first kappa shape index (κ1) is 23.3. The van der Waals surface area contributed by atoms with Crippen molar-refractivity contribution in [1.29, 1.82) is 0 Å². The molecule has 1 aromatic heterocycles. The zero-order chi connectivity index (χ0) is 24.2. The molecule has 3 N–H and O–H groups in total. The number of hydrogen-bond acceptors (Lipinski definition) is 4. The number of nitrogens with zero attached hydrogens (tertiary/aromatic N) is 1. The first-order chi connectivity index (χ1) is 16.3. The van der Waals surface area contributed by atoms with Crippen LogP contribution in [0.4, 0.5) is 11.4 Å². The van der Waals surface area contributed by atoms with Crippen molar-refractivity contribution < 1.29 is 19.1 Å². The Morgan fingerprint density at radius 2 is 1.50 bits per heavy atom. The number of carbonyl (C=O) groups excluding carboxylic acids is 3. The van der Waals surface area contributed by atoms with Crippen molar-refractivity contribution in [2.24, 2.45) is 0 Å². The Balaban J connectivity index is 1.60. The minimum atomic E-state index is -0.950. The summed E-state index contributed by atoms with van der Waals surface area (Å²) in [6, 6.07) is 20.1. The van der Waals surface area contributed by atoms with Gasteiger partial charge in [0.1, 0.15) is 11.4 Å². The molecule has 0 spiro atoms. The van der Waals surface area contributed by atoms with Gasteiger partial charge in [-0.05, 0) is 72.8 Å². The van der Waals surface area contributed by atoms with E-state index in [9.17, 15) is 14.4 Å². The van der Waals surface area contributed by atoms with E-state index in [1.165, 1.54) is 4.68 Å². The van der Waals surface area contributed by atoms with Gasteiger partial charge in [-0.25, -0.2) is 4.68 Å². The molecule has 0 fully saturated rings. The van der Waals surface area contributed by atoms with Gasteiger partial charge in [-0.15, -0.1) is 0 Å². The minimum Gasteiger partial charge on any atom is -0.497 e. The van der Waals surface area contributed by atoms with Crippen molar-refractivity contribution in [2.75, 3.05) is 23.2 Å². The number of benzene rings is 3. The third kappa shape index (κ3) is 5.22. The van der Waals surface area contributed by atoms with Crippen molar-refractivity contribution >= 4 is 67.5 Å². The smallest absolute Gasteiger partial charge is 0.328 e. The molecule has 0 aliphatic heterocycles. The summed E-state index contributed by atoms with van der Waals surface area (Å²) in [5, 5.41) is 6.46. The van der Waals surface area contributed by atoms with Gasteiger partial charge < -0.3 is 15.4 Å². The van der Waals surface area contributed by atoms with Crippen molar-refractivity contribution in [3.8, 4) is 5.75 Å². The van der Waals surface area contributed by atoms with Crippen LogP contribution in [0.5, 0.6) is 5.75 Å². The number of rotatable bonds is 5. The fraction of sp³-hybridized carbons (Fsp3) is 0.0417. The van der Waals surface area contributed by atoms with E-state index in [2.05, 4.69) is 32.0 Å². The lowest BCUT2D eigenvalue weighted by Gasteiger charge is -2.13. The monoisotopic (exact) mass is 540 g/mol. The molecule has 0 aliphatic carbocycles. The summed E-state index contributed by atoms with van der Waals surface area (Å²) in [5.41, 5.74) is 4.13. The second-order valence-electron chi connectivity index (χ2n) is 7.15. The first-order valence-electron chi connectivity index (χ1n) is 9.98. The highest BCUT2D eigenvalue weighted by Gasteiger charge is 2.21. The van der Waals surface area contributed by atoms with Crippen LogP contribution >= 0.6 is 27.5 Å². The van der Waals surface area contributed by atoms with Crippen LogP contribution in [0.2, 0.25) is 5.02 Å². The number of ether oxygens (including phenoxy) is 1. The van der Waals surface area contributed by atoms with E-state index in [1.807, 2.05) is 0 Å². The van der Waals surface area contributed by atoms with Crippen molar-refractivity contribution in [1.82, 2.24) is 4.68 Å². The van der Waals surface area contributed by atoms with Crippen LogP contribution in [-0.4, -0.2) is 29.5 Å². The Kier molecular flexibility index (Phi) is 6.85. The summed E-state index contributed by atoms with van der Waals surface area (Å²) < 4.78 is 7.21. The highest BCUT2D eigenvalue weighted by atomic mass is 79.9. The van der Waals surface area contributed by atoms with Crippen molar-refractivity contribution in [3.05, 3.63) is 88.0 Å². The molecule has 3 amide bonds. The summed E-state index contributed by atoms with van der Waals surface area (Å²) >= 11 is 9.25. The van der Waals surface area contributed by atoms with E-state index < -0.39 is 17.7 Å². The van der Waals surface area contributed by atoms with E-state index in [0.29, 0.717) is 33.0 Å². The number of carbonyl (C=O) groups is 3. The van der Waals surface area contributed by atoms with Crippen LogP contribution in [0.15, 0.2) is 77.3 Å². The van der Waals surface area contributed by atoms with Gasteiger partial charge in [-0.2, -0.15) is 0 Å². The molecule has 34 heavy (non-hydrogen) atoms. The fourth-order valence-corrected chi connectivity index (χ4v) is 3.72. The molecule has 8 nitrogen and oxygen atoms in total. The summed E-state index contributed by atoms with van der Waals surface area (Å²) in [6.07, 6.45) is 0. The molecular weight excluding hydrogens is 524 g/mol. The normalized spacial score (nSPS) is 10.6. The molecule has 0 saturated heterocycles. The van der Waals surface area contributed by atoms with Gasteiger partial charge in [0.15, 0.2) is 0 Å². The van der Waals surface area contributed by atoms with Crippen molar-refractivity contribution in [2.45, 2.75) is 0 Å². The topological polar surface area (TPSA) is 101 Å². The molecule has 172 valence electrons. The summed E-state index contributed by atoms with van der Waals surface area (Å²) in [5.74, 6) is -1.68. The standard InChI is InChI=1S/C24H18BrClN4O4/c1-34-19-9-7-18(8-10-19)27-22(31)21-13-14-12-15(25)2-11-20(14)30(21)29-24(33)23(32)28-17-5-3-16(26)4-6-17/h2-13H,1H3,(H,27,31)(H,28,32)(H,29,33). The Hall–Kier alpha value is -3.82. The minimum absolute atomic E-state index is 0.136. The van der Waals surface area contributed by atoms with E-state index in [-0.39, 0.29) is 5.69 Å². The Morgan fingerprint density at radius 1 is 0.853 bits per heavy atom. The summed E-state index contributed by atoms with van der Waals surface area (Å²) in [7, 11) is 1.55. The highest BCUT2D eigenvalue weighted by Crippen LogP contribution is 2.24. The zero-order valence-electron chi connectivity index (χ0n) is 17.8. The molecular formula is C24H18BrClN4O4. The molecule has 4 rings (SSSR count). The molecule has 0 atom stereocenters. The van der Waals surface area contributed by atoms with Gasteiger partial charge in [0.25, 0.3) is 5.91 Å². The van der Waals surface area contributed by atoms with Crippen molar-refractivity contribution in [3.63, 3.8) is 0 Å². The quantitative estimate of drug-likeness (QED) is 0.309. The molecule has 0 radical (unpaired) electrons. The van der Waals surface area contributed by atoms with E-state index in [0.717, 1.165) is 4.47 Å². The van der Waals surface area contributed by atoms with Crippen LogP contribution in [-0.2, 0) is 9.59 Å². The van der Waals surface area contributed by atoms with Gasteiger partial charge in [0.2, 0.25) is 0 Å². The molecule has 0 unspecified atom stereocenters. The number of aromatic nitrogens is 1. The lowest BCUT2D eigenvalue weighted by molar-refractivity contribution is -0.133. The molecule has 0 saturated carbocycles. The van der Waals surface area contributed by atoms with Gasteiger partial charge in [0.05, 0.1) is 12.6 Å². The Labute approximate surface area is 207 Å². The van der Waals surface area contributed by atoms with Crippen LogP contribution in [0.3, 0.4) is 0 Å². The lowest BCUT2D eigenvalue weighted by atomic mass is 10.2. The van der Waals surface area contributed by atoms with Crippen LogP contribution in [0, 0.1) is 0 Å². The molecule has 1 heterocycles. The maximum atomic E-state index is 13.1. The van der Waals surface area contributed by atoms with Crippen LogP contribution < -0.4 is 20.8 Å². The first-order valence-corrected chi connectivity index (χ1v) is 11.2. The number of nitrogens with one attached hydrogen (secondary N) is 3. The average molecular weight is 542 g/mol. The van der Waals surface area contributed by atoms with Crippen LogP contribution in [0.1, 0.15) is 10.5 Å². The van der Waals surface area contributed by atoms with E-state index in [1.54, 1.807) is 79.9 Å². The molecule has 0 bridgehead atoms. The van der Waals surface area contributed by atoms with Crippen LogP contribution in [0.25, 0.3) is 10.9 Å². The number of halogens is 2. The zero-order valence-corrected chi connectivity index (χ0v) is 20.1. The molecule has 0 aliphatic rings. The Bertz CT molecular complexity index is 1380. The van der Waals surface area contributed by atoms with Gasteiger partial charge in [-0.1, -0.05) is 27.5 Å². The van der Waals surface area contributed by atoms with E-state index in [4.69, 9.17) is 16.3 Å². The number of hydrogen-bond donors (Lipinski definition) is 3. The van der Waals surface area contributed by atoms with E-state index >= 15 is 0 Å². The number of anilines is 2. The SMILES string of the molecule is COc1ccc(NC(=O)c2cc3cc(Br)ccc3n2NC(=O)C(=O)Nc2ccc(Cl)cc2)cc1. The largest absolute Gasteiger partial charge is 0.497 e. The maximum absolute atomic E-state index is 13.1. The predicted octanol–water partition coefficient (Wildman–Crippen LogP) is 5.03. The second kappa shape index (κ2) is 9.98.